The summed E-state index contributed by atoms with van der Waals surface area (Å²) in [6.07, 6.45) is 3.63. The van der Waals surface area contributed by atoms with Gasteiger partial charge in [-0.05, 0) is 38.5 Å². The monoisotopic (exact) mass is 241 g/mol. The molecule has 0 saturated heterocycles. The van der Waals surface area contributed by atoms with Crippen LogP contribution in [-0.4, -0.2) is 15.0 Å². The number of fused-ring (bicyclic) bond motifs is 1. The third kappa shape index (κ3) is 2.01. The van der Waals surface area contributed by atoms with Gasteiger partial charge < -0.3 is 9.40 Å². The lowest BCUT2D eigenvalue weighted by atomic mass is 10.1. The van der Waals surface area contributed by atoms with Crippen molar-refractivity contribution < 1.29 is 4.42 Å². The number of rotatable bonds is 3. The van der Waals surface area contributed by atoms with E-state index in [9.17, 15) is 0 Å². The van der Waals surface area contributed by atoms with Crippen molar-refractivity contribution in [3.8, 4) is 0 Å². The molecule has 3 heterocycles. The first-order chi connectivity index (χ1) is 8.72. The Balaban J connectivity index is 1.87. The summed E-state index contributed by atoms with van der Waals surface area (Å²) in [7, 11) is 0. The van der Waals surface area contributed by atoms with Crippen LogP contribution in [0.5, 0.6) is 0 Å². The Morgan fingerprint density at radius 3 is 2.78 bits per heavy atom. The Bertz CT molecular complexity index is 681. The summed E-state index contributed by atoms with van der Waals surface area (Å²) < 4.78 is 5.58. The van der Waals surface area contributed by atoms with Crippen molar-refractivity contribution >= 4 is 11.0 Å². The Labute approximate surface area is 105 Å². The number of aromatic amines is 1. The third-order valence-corrected chi connectivity index (χ3v) is 3.01. The molecule has 0 aromatic carbocycles. The number of hydrogen-bond donors (Lipinski definition) is 1. The highest BCUT2D eigenvalue weighted by atomic mass is 16.3. The zero-order chi connectivity index (χ0) is 12.5. The van der Waals surface area contributed by atoms with E-state index in [4.69, 9.17) is 4.42 Å². The summed E-state index contributed by atoms with van der Waals surface area (Å²) in [5.74, 6) is 2.76. The van der Waals surface area contributed by atoms with Crippen LogP contribution in [0.4, 0.5) is 0 Å². The van der Waals surface area contributed by atoms with E-state index in [1.807, 2.05) is 38.2 Å². The normalized spacial score (nSPS) is 11.2. The van der Waals surface area contributed by atoms with Crippen molar-refractivity contribution in [2.75, 3.05) is 0 Å². The van der Waals surface area contributed by atoms with Crippen LogP contribution < -0.4 is 0 Å². The largest absolute Gasteiger partial charge is 0.466 e. The van der Waals surface area contributed by atoms with Gasteiger partial charge >= 0.3 is 0 Å². The van der Waals surface area contributed by atoms with E-state index in [2.05, 4.69) is 15.0 Å². The van der Waals surface area contributed by atoms with Crippen molar-refractivity contribution in [1.82, 2.24) is 15.0 Å². The maximum absolute atomic E-state index is 5.58. The molecule has 4 heteroatoms. The minimum atomic E-state index is 0.801. The van der Waals surface area contributed by atoms with E-state index < -0.39 is 0 Å². The van der Waals surface area contributed by atoms with Gasteiger partial charge in [-0.3, -0.25) is 0 Å². The first kappa shape index (κ1) is 11.0. The molecular weight excluding hydrogens is 226 g/mol. The van der Waals surface area contributed by atoms with Crippen molar-refractivity contribution in [3.63, 3.8) is 0 Å². The lowest BCUT2D eigenvalue weighted by Gasteiger charge is -2.02. The van der Waals surface area contributed by atoms with E-state index in [0.717, 1.165) is 46.9 Å². The third-order valence-electron chi connectivity index (χ3n) is 3.01. The fourth-order valence-corrected chi connectivity index (χ4v) is 2.18. The van der Waals surface area contributed by atoms with Gasteiger partial charge in [-0.15, -0.1) is 0 Å². The number of aromatic nitrogens is 3. The topological polar surface area (TPSA) is 54.7 Å². The van der Waals surface area contributed by atoms with Gasteiger partial charge in [0.05, 0.1) is 5.69 Å². The predicted octanol–water partition coefficient (Wildman–Crippen LogP) is 2.95. The van der Waals surface area contributed by atoms with Crippen molar-refractivity contribution in [2.24, 2.45) is 0 Å². The van der Waals surface area contributed by atoms with Crippen LogP contribution in [0.1, 0.15) is 23.0 Å². The zero-order valence-electron chi connectivity index (χ0n) is 10.5. The second-order valence-corrected chi connectivity index (χ2v) is 4.47. The Hall–Kier alpha value is -2.10. The molecule has 0 aliphatic rings. The first-order valence-corrected chi connectivity index (χ1v) is 6.08. The molecular formula is C14H15N3O. The molecule has 0 aliphatic carbocycles. The summed E-state index contributed by atoms with van der Waals surface area (Å²) in [6, 6.07) is 6.04. The van der Waals surface area contributed by atoms with E-state index in [1.54, 1.807) is 0 Å². The summed E-state index contributed by atoms with van der Waals surface area (Å²) in [6.45, 7) is 3.88. The molecule has 0 saturated carbocycles. The minimum Gasteiger partial charge on any atom is -0.466 e. The van der Waals surface area contributed by atoms with Gasteiger partial charge in [0.15, 0.2) is 0 Å². The van der Waals surface area contributed by atoms with Crippen LogP contribution in [-0.2, 0) is 12.8 Å². The quantitative estimate of drug-likeness (QED) is 0.767. The fraction of sp³-hybridized carbons (Fsp3) is 0.286. The molecule has 3 rings (SSSR count). The molecule has 92 valence electrons. The Morgan fingerprint density at radius 1 is 1.11 bits per heavy atom. The molecule has 4 nitrogen and oxygen atoms in total. The number of aryl methyl sites for hydroxylation is 4. The highest BCUT2D eigenvalue weighted by Crippen LogP contribution is 2.17. The standard InChI is InChI=1S/C14H15N3O/c1-9-3-4-11(18-9)5-6-13-12-7-8-15-14(12)17-10(2)16-13/h3-4,7-8H,5-6H2,1-2H3,(H,15,16,17). The maximum Gasteiger partial charge on any atom is 0.141 e. The maximum atomic E-state index is 5.58. The molecule has 0 atom stereocenters. The minimum absolute atomic E-state index is 0.801. The van der Waals surface area contributed by atoms with Crippen molar-refractivity contribution in [1.29, 1.82) is 0 Å². The second-order valence-electron chi connectivity index (χ2n) is 4.47. The van der Waals surface area contributed by atoms with E-state index in [0.29, 0.717) is 0 Å². The molecule has 0 fully saturated rings. The molecule has 3 aromatic rings. The van der Waals surface area contributed by atoms with Gasteiger partial charge in [-0.1, -0.05) is 0 Å². The number of furan rings is 1. The molecule has 1 N–H and O–H groups in total. The van der Waals surface area contributed by atoms with E-state index in [-0.39, 0.29) is 0 Å². The summed E-state index contributed by atoms with van der Waals surface area (Å²) in [4.78, 5) is 12.0. The fourth-order valence-electron chi connectivity index (χ4n) is 2.18. The van der Waals surface area contributed by atoms with Crippen molar-refractivity contribution in [3.05, 3.63) is 47.4 Å². The number of H-pyrrole nitrogens is 1. The van der Waals surface area contributed by atoms with Crippen molar-refractivity contribution in [2.45, 2.75) is 26.7 Å². The van der Waals surface area contributed by atoms with Crippen LogP contribution in [0.2, 0.25) is 0 Å². The predicted molar refractivity (Wildman–Crippen MR) is 69.5 cm³/mol. The summed E-state index contributed by atoms with van der Waals surface area (Å²) in [5, 5.41) is 1.10. The SMILES string of the molecule is Cc1nc(CCc2ccc(C)o2)c2cc[nH]c2n1. The molecule has 0 unspecified atom stereocenters. The molecule has 18 heavy (non-hydrogen) atoms. The molecule has 0 spiro atoms. The lowest BCUT2D eigenvalue weighted by molar-refractivity contribution is 0.482. The number of nitrogens with zero attached hydrogens (tertiary/aromatic N) is 2. The molecule has 0 aliphatic heterocycles. The van der Waals surface area contributed by atoms with Gasteiger partial charge in [0, 0.05) is 18.0 Å². The number of hydrogen-bond acceptors (Lipinski definition) is 3. The van der Waals surface area contributed by atoms with E-state index in [1.165, 1.54) is 0 Å². The van der Waals surface area contributed by atoms with Crippen LogP contribution in [0.25, 0.3) is 11.0 Å². The van der Waals surface area contributed by atoms with Gasteiger partial charge in [0.25, 0.3) is 0 Å². The van der Waals surface area contributed by atoms with Crippen LogP contribution in [0.15, 0.2) is 28.8 Å². The highest BCUT2D eigenvalue weighted by Gasteiger charge is 2.08. The first-order valence-electron chi connectivity index (χ1n) is 6.08. The summed E-state index contributed by atoms with van der Waals surface area (Å²) in [5.41, 5.74) is 1.99. The second kappa shape index (κ2) is 4.29. The van der Waals surface area contributed by atoms with Crippen LogP contribution in [0, 0.1) is 13.8 Å². The molecule has 0 radical (unpaired) electrons. The average molecular weight is 241 g/mol. The lowest BCUT2D eigenvalue weighted by Crippen LogP contribution is -1.98. The summed E-state index contributed by atoms with van der Waals surface area (Å²) >= 11 is 0. The number of nitrogens with one attached hydrogen (secondary N) is 1. The average Bonchev–Trinajstić information content (AvgIpc) is 2.94. The molecule has 3 aromatic heterocycles. The molecule has 0 amide bonds. The van der Waals surface area contributed by atoms with Gasteiger partial charge in [0.2, 0.25) is 0 Å². The van der Waals surface area contributed by atoms with E-state index >= 15 is 0 Å². The van der Waals surface area contributed by atoms with Crippen LogP contribution >= 0.6 is 0 Å². The van der Waals surface area contributed by atoms with Gasteiger partial charge in [-0.2, -0.15) is 0 Å². The zero-order valence-corrected chi connectivity index (χ0v) is 10.5. The smallest absolute Gasteiger partial charge is 0.141 e. The molecule has 0 bridgehead atoms. The van der Waals surface area contributed by atoms with Crippen LogP contribution in [0.3, 0.4) is 0 Å². The van der Waals surface area contributed by atoms with Gasteiger partial charge in [-0.25, -0.2) is 9.97 Å². The Kier molecular flexibility index (Phi) is 2.63. The van der Waals surface area contributed by atoms with Gasteiger partial charge in [0.1, 0.15) is 23.0 Å². The Morgan fingerprint density at radius 2 is 2.00 bits per heavy atom. The highest BCUT2D eigenvalue weighted by molar-refractivity contribution is 5.77.